The summed E-state index contributed by atoms with van der Waals surface area (Å²) in [6, 6.07) is 0. The average Bonchev–Trinajstić information content (AvgIpc) is 2.64. The summed E-state index contributed by atoms with van der Waals surface area (Å²) < 4.78 is 7.61. The Bertz CT molecular complexity index is 332. The van der Waals surface area contributed by atoms with Crippen LogP contribution in [0.25, 0.3) is 0 Å². The van der Waals surface area contributed by atoms with E-state index in [4.69, 9.17) is 0 Å². The van der Waals surface area contributed by atoms with E-state index in [2.05, 4.69) is 8.75 Å². The normalized spacial score (nSPS) is 19.1. The number of carbonyl (C=O) groups is 1. The molecule has 1 amide bonds. The molecule has 0 bridgehead atoms. The second-order valence-electron chi connectivity index (χ2n) is 3.53. The van der Waals surface area contributed by atoms with Gasteiger partial charge in [0.15, 0.2) is 5.69 Å². The first-order valence-electron chi connectivity index (χ1n) is 4.44. The highest BCUT2D eigenvalue weighted by Crippen LogP contribution is 2.25. The summed E-state index contributed by atoms with van der Waals surface area (Å²) >= 11 is 1.02. The Hall–Kier alpha value is -1.01. The number of rotatable bonds is 2. The second kappa shape index (κ2) is 3.29. The summed E-state index contributed by atoms with van der Waals surface area (Å²) in [5.41, 5.74) is -0.313. The van der Waals surface area contributed by atoms with Crippen molar-refractivity contribution in [1.82, 2.24) is 13.6 Å². The SMILES string of the molecule is CCC1(O)CN(C(=O)c2cnsn2)C1. The van der Waals surface area contributed by atoms with Gasteiger partial charge in [-0.25, -0.2) is 0 Å². The Morgan fingerprint density at radius 3 is 3.00 bits per heavy atom. The van der Waals surface area contributed by atoms with Crippen LogP contribution in [0.3, 0.4) is 0 Å². The van der Waals surface area contributed by atoms with Crippen molar-refractivity contribution in [3.05, 3.63) is 11.9 Å². The lowest BCUT2D eigenvalue weighted by molar-refractivity contribution is -0.0827. The summed E-state index contributed by atoms with van der Waals surface area (Å²) in [6.07, 6.45) is 2.13. The maximum absolute atomic E-state index is 11.6. The molecule has 2 heterocycles. The van der Waals surface area contributed by atoms with Crippen molar-refractivity contribution in [3.63, 3.8) is 0 Å². The first-order chi connectivity index (χ1) is 6.64. The van der Waals surface area contributed by atoms with Crippen LogP contribution in [-0.4, -0.2) is 43.4 Å². The van der Waals surface area contributed by atoms with E-state index in [9.17, 15) is 9.90 Å². The average molecular weight is 213 g/mol. The maximum atomic E-state index is 11.6. The van der Waals surface area contributed by atoms with Gasteiger partial charge in [-0.3, -0.25) is 4.79 Å². The van der Waals surface area contributed by atoms with Crippen LogP contribution < -0.4 is 0 Å². The summed E-state index contributed by atoms with van der Waals surface area (Å²) in [6.45, 7) is 2.71. The first-order valence-corrected chi connectivity index (χ1v) is 5.17. The number of aromatic nitrogens is 2. The van der Waals surface area contributed by atoms with E-state index in [0.717, 1.165) is 11.7 Å². The van der Waals surface area contributed by atoms with Gasteiger partial charge in [-0.1, -0.05) is 6.92 Å². The predicted molar refractivity (Wildman–Crippen MR) is 51.1 cm³/mol. The molecule has 6 heteroatoms. The van der Waals surface area contributed by atoms with Crippen LogP contribution in [0.1, 0.15) is 23.8 Å². The molecule has 1 aliphatic heterocycles. The van der Waals surface area contributed by atoms with Gasteiger partial charge < -0.3 is 10.0 Å². The molecule has 5 nitrogen and oxygen atoms in total. The molecular formula is C8H11N3O2S. The highest BCUT2D eigenvalue weighted by Gasteiger charge is 2.42. The molecule has 0 aliphatic carbocycles. The van der Waals surface area contributed by atoms with Crippen LogP contribution in [0, 0.1) is 0 Å². The molecular weight excluding hydrogens is 202 g/mol. The fraction of sp³-hybridized carbons (Fsp3) is 0.625. The van der Waals surface area contributed by atoms with Crippen molar-refractivity contribution in [2.75, 3.05) is 13.1 Å². The van der Waals surface area contributed by atoms with Gasteiger partial charge >= 0.3 is 0 Å². The number of likely N-dealkylation sites (tertiary alicyclic amines) is 1. The van der Waals surface area contributed by atoms with Crippen molar-refractivity contribution in [2.45, 2.75) is 18.9 Å². The summed E-state index contributed by atoms with van der Waals surface area (Å²) in [5.74, 6) is -0.142. The van der Waals surface area contributed by atoms with E-state index >= 15 is 0 Å². The third kappa shape index (κ3) is 1.51. The number of β-amino-alcohol motifs (C(OH)–C–C–N with tert-alkyl or cyclic N) is 1. The van der Waals surface area contributed by atoms with E-state index in [0.29, 0.717) is 25.2 Å². The standard InChI is InChI=1S/C8H11N3O2S/c1-2-8(13)4-11(5-8)7(12)6-3-9-14-10-6/h3,13H,2,4-5H2,1H3. The number of carbonyl (C=O) groups excluding carboxylic acids is 1. The fourth-order valence-corrected chi connectivity index (χ4v) is 1.86. The first kappa shape index (κ1) is 9.54. The molecule has 1 fully saturated rings. The van der Waals surface area contributed by atoms with Gasteiger partial charge in [-0.15, -0.1) is 0 Å². The minimum Gasteiger partial charge on any atom is -0.386 e. The number of hydrogen-bond donors (Lipinski definition) is 1. The third-order valence-electron chi connectivity index (χ3n) is 2.50. The number of hydrogen-bond acceptors (Lipinski definition) is 5. The van der Waals surface area contributed by atoms with Gasteiger partial charge in [-0.05, 0) is 6.42 Å². The predicted octanol–water partition coefficient (Wildman–Crippen LogP) is 0.135. The van der Waals surface area contributed by atoms with Gasteiger partial charge in [0.05, 0.1) is 36.6 Å². The minimum absolute atomic E-state index is 0.142. The molecule has 76 valence electrons. The molecule has 1 N–H and O–H groups in total. The van der Waals surface area contributed by atoms with Gasteiger partial charge in [0.2, 0.25) is 0 Å². The number of aliphatic hydroxyl groups is 1. The Morgan fingerprint density at radius 1 is 1.79 bits per heavy atom. The monoisotopic (exact) mass is 213 g/mol. The third-order valence-corrected chi connectivity index (χ3v) is 2.97. The van der Waals surface area contributed by atoms with Crippen LogP contribution in [0.5, 0.6) is 0 Å². The van der Waals surface area contributed by atoms with Crippen molar-refractivity contribution in [3.8, 4) is 0 Å². The van der Waals surface area contributed by atoms with Crippen LogP contribution in [-0.2, 0) is 0 Å². The zero-order chi connectivity index (χ0) is 10.2. The molecule has 0 atom stereocenters. The lowest BCUT2D eigenvalue weighted by Crippen LogP contribution is -2.63. The molecule has 1 aromatic rings. The van der Waals surface area contributed by atoms with E-state index in [1.54, 1.807) is 4.90 Å². The highest BCUT2D eigenvalue weighted by atomic mass is 32.1. The van der Waals surface area contributed by atoms with E-state index in [-0.39, 0.29) is 5.91 Å². The van der Waals surface area contributed by atoms with Crippen molar-refractivity contribution < 1.29 is 9.90 Å². The zero-order valence-electron chi connectivity index (χ0n) is 7.80. The Balaban J connectivity index is 1.98. The molecule has 14 heavy (non-hydrogen) atoms. The van der Waals surface area contributed by atoms with Gasteiger partial charge in [0.25, 0.3) is 5.91 Å². The lowest BCUT2D eigenvalue weighted by Gasteiger charge is -2.45. The Labute approximate surface area is 85.7 Å². The molecule has 0 spiro atoms. The summed E-state index contributed by atoms with van der Waals surface area (Å²) in [7, 11) is 0. The summed E-state index contributed by atoms with van der Waals surface area (Å²) in [4.78, 5) is 13.2. The fourth-order valence-electron chi connectivity index (χ4n) is 1.45. The molecule has 1 aliphatic rings. The molecule has 0 radical (unpaired) electrons. The van der Waals surface area contributed by atoms with Gasteiger partial charge in [0.1, 0.15) is 0 Å². The largest absolute Gasteiger partial charge is 0.386 e. The van der Waals surface area contributed by atoms with Crippen molar-refractivity contribution in [1.29, 1.82) is 0 Å². The van der Waals surface area contributed by atoms with Gasteiger partial charge in [0, 0.05) is 0 Å². The molecule has 1 saturated heterocycles. The van der Waals surface area contributed by atoms with E-state index in [1.165, 1.54) is 6.20 Å². The van der Waals surface area contributed by atoms with E-state index in [1.807, 2.05) is 6.92 Å². The zero-order valence-corrected chi connectivity index (χ0v) is 8.62. The Morgan fingerprint density at radius 2 is 2.50 bits per heavy atom. The van der Waals surface area contributed by atoms with E-state index < -0.39 is 5.60 Å². The number of amides is 1. The van der Waals surface area contributed by atoms with Gasteiger partial charge in [-0.2, -0.15) is 8.75 Å². The molecule has 0 aromatic carbocycles. The lowest BCUT2D eigenvalue weighted by atomic mass is 9.91. The summed E-state index contributed by atoms with van der Waals surface area (Å²) in [5, 5.41) is 9.71. The molecule has 0 unspecified atom stereocenters. The minimum atomic E-state index is -0.681. The van der Waals surface area contributed by atoms with Crippen LogP contribution in [0.4, 0.5) is 0 Å². The van der Waals surface area contributed by atoms with Crippen LogP contribution >= 0.6 is 11.7 Å². The van der Waals surface area contributed by atoms with Crippen molar-refractivity contribution >= 4 is 17.6 Å². The molecule has 0 saturated carbocycles. The molecule has 2 rings (SSSR count). The maximum Gasteiger partial charge on any atom is 0.275 e. The van der Waals surface area contributed by atoms with Crippen LogP contribution in [0.15, 0.2) is 6.20 Å². The van der Waals surface area contributed by atoms with Crippen molar-refractivity contribution in [2.24, 2.45) is 0 Å². The molecule has 1 aromatic heterocycles. The van der Waals surface area contributed by atoms with Crippen LogP contribution in [0.2, 0.25) is 0 Å². The second-order valence-corrected chi connectivity index (χ2v) is 4.09. The Kier molecular flexibility index (Phi) is 2.24. The topological polar surface area (TPSA) is 66.3 Å². The number of nitrogens with zero attached hydrogens (tertiary/aromatic N) is 3. The highest BCUT2D eigenvalue weighted by molar-refractivity contribution is 6.99. The quantitative estimate of drug-likeness (QED) is 0.758. The smallest absolute Gasteiger partial charge is 0.275 e.